The topological polar surface area (TPSA) is 182 Å². The number of nitrogens with zero attached hydrogens (tertiary/aromatic N) is 6. The SMILES string of the molecule is CNC(=O)C1OC(n2cnc3c(N)nc(C#CCN(C)C(=O)c4ccncc4)nc32)C(O)C1O. The van der Waals surface area contributed by atoms with Gasteiger partial charge in [-0.2, -0.15) is 0 Å². The largest absolute Gasteiger partial charge is 0.387 e. The number of nitrogen functional groups attached to an aromatic ring is 1. The molecular weight excluding hydrogens is 444 g/mol. The molecule has 4 heterocycles. The van der Waals surface area contributed by atoms with Gasteiger partial charge in [0, 0.05) is 32.1 Å². The number of aliphatic hydroxyl groups is 2. The number of ether oxygens (including phenoxy) is 1. The molecule has 0 spiro atoms. The van der Waals surface area contributed by atoms with Gasteiger partial charge in [0.2, 0.25) is 5.82 Å². The Labute approximate surface area is 193 Å². The summed E-state index contributed by atoms with van der Waals surface area (Å²) in [5.41, 5.74) is 6.93. The highest BCUT2D eigenvalue weighted by molar-refractivity contribution is 5.94. The Balaban J connectivity index is 1.57. The summed E-state index contributed by atoms with van der Waals surface area (Å²) in [4.78, 5) is 42.3. The van der Waals surface area contributed by atoms with Crippen molar-refractivity contribution < 1.29 is 24.5 Å². The van der Waals surface area contributed by atoms with Crippen LogP contribution in [0.15, 0.2) is 30.9 Å². The number of fused-ring (bicyclic) bond motifs is 1. The molecular formula is C21H22N8O5. The predicted molar refractivity (Wildman–Crippen MR) is 118 cm³/mol. The second-order valence-electron chi connectivity index (χ2n) is 7.50. The summed E-state index contributed by atoms with van der Waals surface area (Å²) >= 11 is 0. The van der Waals surface area contributed by atoms with Crippen LogP contribution in [0.1, 0.15) is 22.4 Å². The fourth-order valence-electron chi connectivity index (χ4n) is 3.45. The van der Waals surface area contributed by atoms with Gasteiger partial charge in [0.05, 0.1) is 12.9 Å². The Hall–Kier alpha value is -4.12. The van der Waals surface area contributed by atoms with Gasteiger partial charge in [0.1, 0.15) is 17.7 Å². The van der Waals surface area contributed by atoms with E-state index in [0.29, 0.717) is 5.56 Å². The van der Waals surface area contributed by atoms with E-state index in [0.717, 1.165) is 0 Å². The molecule has 3 aromatic rings. The summed E-state index contributed by atoms with van der Waals surface area (Å²) < 4.78 is 6.93. The molecule has 4 atom stereocenters. The van der Waals surface area contributed by atoms with Gasteiger partial charge in [-0.05, 0) is 18.1 Å². The van der Waals surface area contributed by atoms with Crippen LogP contribution >= 0.6 is 0 Å². The zero-order valence-corrected chi connectivity index (χ0v) is 18.3. The highest BCUT2D eigenvalue weighted by Gasteiger charge is 2.47. The van der Waals surface area contributed by atoms with E-state index in [-0.39, 0.29) is 35.3 Å². The first-order valence-corrected chi connectivity index (χ1v) is 10.2. The maximum Gasteiger partial charge on any atom is 0.254 e. The van der Waals surface area contributed by atoms with Crippen molar-refractivity contribution in [3.05, 3.63) is 42.2 Å². The Bertz CT molecular complexity index is 1280. The second-order valence-corrected chi connectivity index (χ2v) is 7.50. The Morgan fingerprint density at radius 3 is 2.71 bits per heavy atom. The van der Waals surface area contributed by atoms with Gasteiger partial charge in [-0.15, -0.1) is 0 Å². The van der Waals surface area contributed by atoms with E-state index in [2.05, 4.69) is 37.1 Å². The van der Waals surface area contributed by atoms with Crippen molar-refractivity contribution in [1.82, 2.24) is 34.7 Å². The maximum absolute atomic E-state index is 12.4. The fraction of sp³-hybridized carbons (Fsp3) is 0.333. The van der Waals surface area contributed by atoms with Crippen molar-refractivity contribution in [1.29, 1.82) is 0 Å². The number of carbonyl (C=O) groups is 2. The van der Waals surface area contributed by atoms with Crippen molar-refractivity contribution in [2.45, 2.75) is 24.5 Å². The number of hydrogen-bond donors (Lipinski definition) is 4. The van der Waals surface area contributed by atoms with Gasteiger partial charge >= 0.3 is 0 Å². The van der Waals surface area contributed by atoms with Gasteiger partial charge in [-0.1, -0.05) is 5.92 Å². The van der Waals surface area contributed by atoms with Crippen LogP contribution in [0.5, 0.6) is 0 Å². The van der Waals surface area contributed by atoms with Gasteiger partial charge in [0.15, 0.2) is 23.8 Å². The number of aliphatic hydroxyl groups excluding tert-OH is 2. The molecule has 0 aromatic carbocycles. The Kier molecular flexibility index (Phi) is 6.37. The molecule has 3 aromatic heterocycles. The van der Waals surface area contributed by atoms with Crippen LogP contribution in [0.3, 0.4) is 0 Å². The monoisotopic (exact) mass is 466 g/mol. The maximum atomic E-state index is 12.4. The molecule has 1 saturated heterocycles. The molecule has 34 heavy (non-hydrogen) atoms. The van der Waals surface area contributed by atoms with E-state index in [1.807, 2.05) is 0 Å². The lowest BCUT2D eigenvalue weighted by atomic mass is 10.1. The zero-order valence-electron chi connectivity index (χ0n) is 18.3. The molecule has 1 fully saturated rings. The van der Waals surface area contributed by atoms with Crippen molar-refractivity contribution in [3.8, 4) is 11.8 Å². The molecule has 0 bridgehead atoms. The normalized spacial score (nSPS) is 21.6. The number of hydrogen-bond acceptors (Lipinski definition) is 10. The first-order valence-electron chi connectivity index (χ1n) is 10.2. The molecule has 4 unspecified atom stereocenters. The summed E-state index contributed by atoms with van der Waals surface area (Å²) in [7, 11) is 3.00. The van der Waals surface area contributed by atoms with Crippen LogP contribution in [0.25, 0.3) is 11.2 Å². The fourth-order valence-corrected chi connectivity index (χ4v) is 3.45. The van der Waals surface area contributed by atoms with Gasteiger partial charge in [-0.3, -0.25) is 19.1 Å². The van der Waals surface area contributed by atoms with Crippen LogP contribution < -0.4 is 11.1 Å². The Morgan fingerprint density at radius 2 is 2.00 bits per heavy atom. The number of nitrogens with two attached hydrogens (primary N) is 1. The van der Waals surface area contributed by atoms with E-state index in [9.17, 15) is 19.8 Å². The Morgan fingerprint density at radius 1 is 1.26 bits per heavy atom. The molecule has 13 nitrogen and oxygen atoms in total. The summed E-state index contributed by atoms with van der Waals surface area (Å²) in [5, 5.41) is 23.0. The predicted octanol–water partition coefficient (Wildman–Crippen LogP) is -1.71. The number of anilines is 1. The molecule has 0 aliphatic carbocycles. The molecule has 2 amide bonds. The number of nitrogens with one attached hydrogen (secondary N) is 1. The smallest absolute Gasteiger partial charge is 0.254 e. The quantitative estimate of drug-likeness (QED) is 0.323. The van der Waals surface area contributed by atoms with E-state index in [1.165, 1.54) is 35.2 Å². The standard InChI is InChI=1S/C21H22N8O5/c1-23-19(32)16-14(30)15(31)21(34-16)29-10-25-13-17(22)26-12(27-18(13)29)4-3-9-28(2)20(33)11-5-7-24-8-6-11/h5-8,10,14-16,21,30-31H,9H2,1-2H3,(H,23,32)(H2,22,26,27). The van der Waals surface area contributed by atoms with Crippen LogP contribution in [0, 0.1) is 11.8 Å². The zero-order chi connectivity index (χ0) is 24.4. The molecule has 4 rings (SSSR count). The molecule has 13 heteroatoms. The average Bonchev–Trinajstić information content (AvgIpc) is 3.39. The highest BCUT2D eigenvalue weighted by atomic mass is 16.6. The van der Waals surface area contributed by atoms with E-state index < -0.39 is 30.4 Å². The summed E-state index contributed by atoms with van der Waals surface area (Å²) in [6.45, 7) is 0.103. The molecule has 0 radical (unpaired) electrons. The minimum Gasteiger partial charge on any atom is -0.387 e. The van der Waals surface area contributed by atoms with Crippen molar-refractivity contribution in [2.75, 3.05) is 26.4 Å². The van der Waals surface area contributed by atoms with Crippen LogP contribution in [-0.4, -0.2) is 90.4 Å². The minimum absolute atomic E-state index is 0.0464. The second kappa shape index (κ2) is 9.40. The molecule has 1 aliphatic heterocycles. The highest BCUT2D eigenvalue weighted by Crippen LogP contribution is 2.32. The number of amides is 2. The van der Waals surface area contributed by atoms with Crippen LogP contribution in [0.4, 0.5) is 5.82 Å². The molecule has 1 aliphatic rings. The lowest BCUT2D eigenvalue weighted by molar-refractivity contribution is -0.137. The van der Waals surface area contributed by atoms with E-state index >= 15 is 0 Å². The van der Waals surface area contributed by atoms with E-state index in [1.54, 1.807) is 19.2 Å². The molecule has 176 valence electrons. The number of rotatable bonds is 4. The van der Waals surface area contributed by atoms with Crippen LogP contribution in [-0.2, 0) is 9.53 Å². The van der Waals surface area contributed by atoms with Crippen molar-refractivity contribution in [2.24, 2.45) is 0 Å². The van der Waals surface area contributed by atoms with Crippen molar-refractivity contribution >= 4 is 28.8 Å². The van der Waals surface area contributed by atoms with Crippen LogP contribution in [0.2, 0.25) is 0 Å². The first kappa shape index (κ1) is 23.1. The summed E-state index contributed by atoms with van der Waals surface area (Å²) in [6.07, 6.45) is -0.893. The van der Waals surface area contributed by atoms with Crippen molar-refractivity contribution in [3.63, 3.8) is 0 Å². The lowest BCUT2D eigenvalue weighted by Gasteiger charge is -2.16. The third-order valence-corrected chi connectivity index (χ3v) is 5.26. The summed E-state index contributed by atoms with van der Waals surface area (Å²) in [5.74, 6) is 4.90. The third kappa shape index (κ3) is 4.25. The number of imidazole rings is 1. The van der Waals surface area contributed by atoms with E-state index in [4.69, 9.17) is 10.5 Å². The number of pyridine rings is 1. The minimum atomic E-state index is -1.45. The van der Waals surface area contributed by atoms with Gasteiger partial charge < -0.3 is 30.9 Å². The lowest BCUT2D eigenvalue weighted by Crippen LogP contribution is -2.41. The first-order chi connectivity index (χ1) is 16.3. The third-order valence-electron chi connectivity index (χ3n) is 5.26. The number of carbonyl (C=O) groups excluding carboxylic acids is 2. The summed E-state index contributed by atoms with van der Waals surface area (Å²) in [6, 6.07) is 3.21. The number of aromatic nitrogens is 5. The average molecular weight is 466 g/mol. The molecule has 5 N–H and O–H groups in total. The number of likely N-dealkylation sites (N-methyl/N-ethyl adjacent to an activating group) is 1. The van der Waals surface area contributed by atoms with Gasteiger partial charge in [-0.25, -0.2) is 15.0 Å². The molecule has 0 saturated carbocycles. The van der Waals surface area contributed by atoms with Gasteiger partial charge in [0.25, 0.3) is 11.8 Å².